The van der Waals surface area contributed by atoms with Gasteiger partial charge in [0.1, 0.15) is 5.82 Å². The normalized spacial score (nSPS) is 10.6. The minimum Gasteiger partial charge on any atom is -0.390 e. The average Bonchev–Trinajstić information content (AvgIpc) is 2.76. The van der Waals surface area contributed by atoms with Crippen molar-refractivity contribution in [1.29, 1.82) is 0 Å². The average molecular weight is 281 g/mol. The number of hydrogen-bond donors (Lipinski definition) is 2. The van der Waals surface area contributed by atoms with E-state index in [1.807, 2.05) is 12.1 Å². The van der Waals surface area contributed by atoms with Gasteiger partial charge in [0.25, 0.3) is 0 Å². The molecule has 0 amide bonds. The lowest BCUT2D eigenvalue weighted by molar-refractivity contribution is 0.277. The van der Waals surface area contributed by atoms with Gasteiger partial charge < -0.3 is 10.1 Å². The fourth-order valence-electron chi connectivity index (χ4n) is 1.53. The molecular formula is C12H13BrN2O. The van der Waals surface area contributed by atoms with Crippen LogP contribution in [0.4, 0.5) is 0 Å². The third-order valence-electron chi connectivity index (χ3n) is 2.42. The van der Waals surface area contributed by atoms with Gasteiger partial charge in [-0.15, -0.1) is 0 Å². The van der Waals surface area contributed by atoms with Gasteiger partial charge >= 0.3 is 0 Å². The Bertz CT molecular complexity index is 450. The van der Waals surface area contributed by atoms with Crippen LogP contribution in [0.2, 0.25) is 0 Å². The first-order valence-corrected chi connectivity index (χ1v) is 5.95. The molecule has 16 heavy (non-hydrogen) atoms. The topological polar surface area (TPSA) is 48.9 Å². The van der Waals surface area contributed by atoms with E-state index < -0.39 is 0 Å². The zero-order chi connectivity index (χ0) is 11.4. The second kappa shape index (κ2) is 5.27. The molecule has 0 saturated carbocycles. The molecule has 2 rings (SSSR count). The maximum absolute atomic E-state index is 8.89. The molecule has 84 valence electrons. The van der Waals surface area contributed by atoms with E-state index in [9.17, 15) is 0 Å². The lowest BCUT2D eigenvalue weighted by atomic mass is 10.1. The number of halogens is 1. The van der Waals surface area contributed by atoms with Crippen LogP contribution in [0.15, 0.2) is 34.9 Å². The Balaban J connectivity index is 1.94. The summed E-state index contributed by atoms with van der Waals surface area (Å²) in [5.74, 6) is 0.923. The molecule has 0 aliphatic heterocycles. The lowest BCUT2D eigenvalue weighted by Crippen LogP contribution is -1.93. The smallest absolute Gasteiger partial charge is 0.106 e. The Morgan fingerprint density at radius 2 is 1.94 bits per heavy atom. The summed E-state index contributed by atoms with van der Waals surface area (Å²) < 4.78 is 1.09. The first kappa shape index (κ1) is 11.4. The summed E-state index contributed by atoms with van der Waals surface area (Å²) in [7, 11) is 0. The molecule has 0 bridgehead atoms. The maximum atomic E-state index is 8.89. The molecule has 0 spiro atoms. The minimum absolute atomic E-state index is 0.0191. The molecule has 1 heterocycles. The molecule has 1 aromatic carbocycles. The molecule has 2 N–H and O–H groups in total. The van der Waals surface area contributed by atoms with E-state index in [2.05, 4.69) is 38.0 Å². The molecular weight excluding hydrogens is 268 g/mol. The second-order valence-electron chi connectivity index (χ2n) is 3.64. The number of aromatic nitrogens is 2. The van der Waals surface area contributed by atoms with Crippen LogP contribution in [-0.4, -0.2) is 15.1 Å². The van der Waals surface area contributed by atoms with E-state index >= 15 is 0 Å². The van der Waals surface area contributed by atoms with Gasteiger partial charge in [-0.2, -0.15) is 0 Å². The fourth-order valence-corrected chi connectivity index (χ4v) is 1.79. The number of rotatable bonds is 4. The molecule has 0 aliphatic carbocycles. The van der Waals surface area contributed by atoms with Gasteiger partial charge in [0, 0.05) is 10.9 Å². The van der Waals surface area contributed by atoms with Crippen molar-refractivity contribution in [3.8, 4) is 0 Å². The van der Waals surface area contributed by atoms with Gasteiger partial charge in [0.2, 0.25) is 0 Å². The SMILES string of the molecule is OCc1cnc(CCc2ccc(Br)cc2)[nH]1. The van der Waals surface area contributed by atoms with Crippen LogP contribution in [0.5, 0.6) is 0 Å². The molecule has 4 heteroatoms. The summed E-state index contributed by atoms with van der Waals surface area (Å²) in [6, 6.07) is 8.27. The minimum atomic E-state index is 0.0191. The summed E-state index contributed by atoms with van der Waals surface area (Å²) in [6.45, 7) is 0.0191. The Labute approximate surface area is 103 Å². The summed E-state index contributed by atoms with van der Waals surface area (Å²) in [5, 5.41) is 8.89. The van der Waals surface area contributed by atoms with Crippen molar-refractivity contribution in [2.75, 3.05) is 0 Å². The number of aryl methyl sites for hydroxylation is 2. The molecule has 0 fully saturated rings. The van der Waals surface area contributed by atoms with Crippen molar-refractivity contribution < 1.29 is 5.11 Å². The highest BCUT2D eigenvalue weighted by atomic mass is 79.9. The number of aliphatic hydroxyl groups excluding tert-OH is 1. The van der Waals surface area contributed by atoms with E-state index in [1.54, 1.807) is 6.20 Å². The van der Waals surface area contributed by atoms with E-state index in [4.69, 9.17) is 5.11 Å². The molecule has 0 aliphatic rings. The number of nitrogens with zero attached hydrogens (tertiary/aromatic N) is 1. The van der Waals surface area contributed by atoms with Gasteiger partial charge in [-0.05, 0) is 24.1 Å². The fraction of sp³-hybridized carbons (Fsp3) is 0.250. The Kier molecular flexibility index (Phi) is 3.74. The Morgan fingerprint density at radius 3 is 2.56 bits per heavy atom. The number of imidazole rings is 1. The molecule has 0 unspecified atom stereocenters. The predicted molar refractivity (Wildman–Crippen MR) is 66.1 cm³/mol. The largest absolute Gasteiger partial charge is 0.390 e. The van der Waals surface area contributed by atoms with Crippen LogP contribution in [0.3, 0.4) is 0 Å². The number of hydrogen-bond acceptors (Lipinski definition) is 2. The van der Waals surface area contributed by atoms with Crippen molar-refractivity contribution >= 4 is 15.9 Å². The molecule has 1 aromatic heterocycles. The quantitative estimate of drug-likeness (QED) is 0.904. The van der Waals surface area contributed by atoms with Crippen molar-refractivity contribution in [3.63, 3.8) is 0 Å². The lowest BCUT2D eigenvalue weighted by Gasteiger charge is -1.99. The Hall–Kier alpha value is -1.13. The predicted octanol–water partition coefficient (Wildman–Crippen LogP) is 2.45. The third-order valence-corrected chi connectivity index (χ3v) is 2.94. The van der Waals surface area contributed by atoms with Crippen LogP contribution in [0.1, 0.15) is 17.1 Å². The number of H-pyrrole nitrogens is 1. The summed E-state index contributed by atoms with van der Waals surface area (Å²) >= 11 is 3.41. The van der Waals surface area contributed by atoms with Crippen LogP contribution in [0.25, 0.3) is 0 Å². The second-order valence-corrected chi connectivity index (χ2v) is 4.56. The van der Waals surface area contributed by atoms with Crippen LogP contribution in [0, 0.1) is 0 Å². The maximum Gasteiger partial charge on any atom is 0.106 e. The zero-order valence-electron chi connectivity index (χ0n) is 8.78. The van der Waals surface area contributed by atoms with Crippen molar-refractivity contribution in [2.24, 2.45) is 0 Å². The standard InChI is InChI=1S/C12H13BrN2O/c13-10-4-1-9(2-5-10)3-6-12-14-7-11(8-16)15-12/h1-2,4-5,7,16H,3,6,8H2,(H,14,15). The Morgan fingerprint density at radius 1 is 1.19 bits per heavy atom. The molecule has 0 saturated heterocycles. The highest BCUT2D eigenvalue weighted by Gasteiger charge is 2.00. The summed E-state index contributed by atoms with van der Waals surface area (Å²) in [5.41, 5.74) is 2.05. The van der Waals surface area contributed by atoms with E-state index in [-0.39, 0.29) is 6.61 Å². The third kappa shape index (κ3) is 2.93. The van der Waals surface area contributed by atoms with Crippen LogP contribution < -0.4 is 0 Å². The first-order valence-electron chi connectivity index (χ1n) is 5.16. The number of benzene rings is 1. The first-order chi connectivity index (χ1) is 7.78. The molecule has 3 nitrogen and oxygen atoms in total. The van der Waals surface area contributed by atoms with E-state index in [1.165, 1.54) is 5.56 Å². The number of aliphatic hydroxyl groups is 1. The van der Waals surface area contributed by atoms with Crippen LogP contribution >= 0.6 is 15.9 Å². The summed E-state index contributed by atoms with van der Waals surface area (Å²) in [4.78, 5) is 7.27. The summed E-state index contributed by atoms with van der Waals surface area (Å²) in [6.07, 6.45) is 3.49. The highest BCUT2D eigenvalue weighted by Crippen LogP contribution is 2.12. The zero-order valence-corrected chi connectivity index (χ0v) is 10.4. The van der Waals surface area contributed by atoms with Crippen LogP contribution in [-0.2, 0) is 19.4 Å². The van der Waals surface area contributed by atoms with Gasteiger partial charge in [0.15, 0.2) is 0 Å². The van der Waals surface area contributed by atoms with Crippen molar-refractivity contribution in [1.82, 2.24) is 9.97 Å². The van der Waals surface area contributed by atoms with E-state index in [0.717, 1.165) is 28.8 Å². The van der Waals surface area contributed by atoms with Gasteiger partial charge in [0.05, 0.1) is 18.5 Å². The monoisotopic (exact) mass is 280 g/mol. The number of aromatic amines is 1. The van der Waals surface area contributed by atoms with Crippen molar-refractivity contribution in [3.05, 3.63) is 52.0 Å². The highest BCUT2D eigenvalue weighted by molar-refractivity contribution is 9.10. The van der Waals surface area contributed by atoms with Crippen molar-refractivity contribution in [2.45, 2.75) is 19.4 Å². The van der Waals surface area contributed by atoms with Gasteiger partial charge in [-0.1, -0.05) is 28.1 Å². The molecule has 0 atom stereocenters. The van der Waals surface area contributed by atoms with Gasteiger partial charge in [-0.3, -0.25) is 0 Å². The molecule has 2 aromatic rings. The van der Waals surface area contributed by atoms with E-state index in [0.29, 0.717) is 0 Å². The van der Waals surface area contributed by atoms with Gasteiger partial charge in [-0.25, -0.2) is 4.98 Å². The number of nitrogens with one attached hydrogen (secondary N) is 1. The molecule has 0 radical (unpaired) electrons.